The number of carboxylic acid groups (broad SMARTS) is 1. The van der Waals surface area contributed by atoms with Gasteiger partial charge in [0.15, 0.2) is 0 Å². The van der Waals surface area contributed by atoms with E-state index in [2.05, 4.69) is 5.32 Å². The van der Waals surface area contributed by atoms with Crippen LogP contribution < -0.4 is 10.1 Å². The van der Waals surface area contributed by atoms with Gasteiger partial charge in [0.05, 0.1) is 6.61 Å². The fourth-order valence-corrected chi connectivity index (χ4v) is 2.34. The van der Waals surface area contributed by atoms with Crippen LogP contribution in [0.3, 0.4) is 0 Å². The molecule has 0 aromatic heterocycles. The Morgan fingerprint density at radius 1 is 1.33 bits per heavy atom. The molecule has 0 saturated carbocycles. The molecular formula is C15H20N2O4. The predicted molar refractivity (Wildman–Crippen MR) is 77.3 cm³/mol. The van der Waals surface area contributed by atoms with Crippen LogP contribution in [0.1, 0.15) is 19.3 Å². The molecule has 1 heterocycles. The number of aliphatic carboxylic acids is 1. The van der Waals surface area contributed by atoms with Crippen LogP contribution in [0.5, 0.6) is 5.75 Å². The fourth-order valence-electron chi connectivity index (χ4n) is 2.34. The number of hydrogen-bond donors (Lipinski definition) is 2. The number of carbonyl (C=O) groups excluding carboxylic acids is 1. The second-order valence-electron chi connectivity index (χ2n) is 4.94. The zero-order chi connectivity index (χ0) is 15.1. The topological polar surface area (TPSA) is 78.9 Å². The van der Waals surface area contributed by atoms with E-state index in [4.69, 9.17) is 9.84 Å². The molecular weight excluding hydrogens is 272 g/mol. The molecule has 2 rings (SSSR count). The standard InChI is InChI=1S/C15H20N2O4/c18-14(19)13-8-4-10-17(13)15(20)16-9-5-11-21-12-6-2-1-3-7-12/h1-3,6-7,13H,4-5,8-11H2,(H,16,20)(H,18,19). The maximum Gasteiger partial charge on any atom is 0.326 e. The number of benzene rings is 1. The van der Waals surface area contributed by atoms with Crippen LogP contribution in [0.25, 0.3) is 0 Å². The minimum Gasteiger partial charge on any atom is -0.494 e. The molecule has 1 unspecified atom stereocenters. The summed E-state index contributed by atoms with van der Waals surface area (Å²) < 4.78 is 5.51. The van der Waals surface area contributed by atoms with Crippen molar-refractivity contribution >= 4 is 12.0 Å². The van der Waals surface area contributed by atoms with E-state index in [1.165, 1.54) is 4.90 Å². The number of carboxylic acids is 1. The van der Waals surface area contributed by atoms with E-state index in [0.29, 0.717) is 32.5 Å². The summed E-state index contributed by atoms with van der Waals surface area (Å²) in [6, 6.07) is 8.47. The van der Waals surface area contributed by atoms with Gasteiger partial charge in [0, 0.05) is 13.1 Å². The van der Waals surface area contributed by atoms with Crippen LogP contribution >= 0.6 is 0 Å². The number of amides is 2. The number of carbonyl (C=O) groups is 2. The number of para-hydroxylation sites is 1. The minimum absolute atomic E-state index is 0.306. The van der Waals surface area contributed by atoms with Crippen LogP contribution in [0.15, 0.2) is 30.3 Å². The van der Waals surface area contributed by atoms with E-state index in [9.17, 15) is 9.59 Å². The van der Waals surface area contributed by atoms with Gasteiger partial charge >= 0.3 is 12.0 Å². The lowest BCUT2D eigenvalue weighted by Gasteiger charge is -2.21. The highest BCUT2D eigenvalue weighted by Crippen LogP contribution is 2.17. The van der Waals surface area contributed by atoms with Crippen molar-refractivity contribution in [3.8, 4) is 5.75 Å². The van der Waals surface area contributed by atoms with E-state index in [-0.39, 0.29) is 6.03 Å². The van der Waals surface area contributed by atoms with Crippen molar-refractivity contribution in [2.75, 3.05) is 19.7 Å². The molecule has 1 aliphatic rings. The second-order valence-corrected chi connectivity index (χ2v) is 4.94. The molecule has 1 aromatic rings. The van der Waals surface area contributed by atoms with Crippen molar-refractivity contribution in [1.82, 2.24) is 10.2 Å². The lowest BCUT2D eigenvalue weighted by Crippen LogP contribution is -2.46. The van der Waals surface area contributed by atoms with E-state index in [1.54, 1.807) is 0 Å². The van der Waals surface area contributed by atoms with Gasteiger partial charge in [0.1, 0.15) is 11.8 Å². The van der Waals surface area contributed by atoms with Gasteiger partial charge in [0.25, 0.3) is 0 Å². The van der Waals surface area contributed by atoms with Crippen molar-refractivity contribution in [3.63, 3.8) is 0 Å². The van der Waals surface area contributed by atoms with Gasteiger partial charge in [-0.05, 0) is 31.4 Å². The molecule has 0 aliphatic carbocycles. The van der Waals surface area contributed by atoms with Crippen LogP contribution in [0.4, 0.5) is 4.79 Å². The average molecular weight is 292 g/mol. The first-order valence-electron chi connectivity index (χ1n) is 7.13. The number of urea groups is 1. The summed E-state index contributed by atoms with van der Waals surface area (Å²) >= 11 is 0. The van der Waals surface area contributed by atoms with Gasteiger partial charge in [-0.25, -0.2) is 9.59 Å². The molecule has 1 fully saturated rings. The Labute approximate surface area is 123 Å². The molecule has 1 saturated heterocycles. The number of rotatable bonds is 6. The maximum atomic E-state index is 11.9. The molecule has 21 heavy (non-hydrogen) atoms. The van der Waals surface area contributed by atoms with Crippen molar-refractivity contribution in [1.29, 1.82) is 0 Å². The first-order chi connectivity index (χ1) is 10.2. The number of ether oxygens (including phenoxy) is 1. The lowest BCUT2D eigenvalue weighted by atomic mass is 10.2. The summed E-state index contributed by atoms with van der Waals surface area (Å²) in [4.78, 5) is 24.3. The third-order valence-corrected chi connectivity index (χ3v) is 3.41. The summed E-state index contributed by atoms with van der Waals surface area (Å²) in [6.45, 7) is 1.48. The first kappa shape index (κ1) is 15.2. The molecule has 0 spiro atoms. The Morgan fingerprint density at radius 2 is 2.10 bits per heavy atom. The summed E-state index contributed by atoms with van der Waals surface area (Å²) in [7, 11) is 0. The highest BCUT2D eigenvalue weighted by atomic mass is 16.5. The summed E-state index contributed by atoms with van der Waals surface area (Å²) in [5.41, 5.74) is 0. The van der Waals surface area contributed by atoms with E-state index >= 15 is 0 Å². The number of nitrogens with one attached hydrogen (secondary N) is 1. The Balaban J connectivity index is 1.64. The van der Waals surface area contributed by atoms with Crippen molar-refractivity contribution in [2.24, 2.45) is 0 Å². The predicted octanol–water partition coefficient (Wildman–Crippen LogP) is 1.71. The van der Waals surface area contributed by atoms with Gasteiger partial charge in [-0.2, -0.15) is 0 Å². The molecule has 1 aromatic carbocycles. The Morgan fingerprint density at radius 3 is 2.81 bits per heavy atom. The largest absolute Gasteiger partial charge is 0.494 e. The van der Waals surface area contributed by atoms with E-state index in [1.807, 2.05) is 30.3 Å². The summed E-state index contributed by atoms with van der Waals surface area (Å²) in [5.74, 6) is -0.135. The van der Waals surface area contributed by atoms with Crippen molar-refractivity contribution in [2.45, 2.75) is 25.3 Å². The quantitative estimate of drug-likeness (QED) is 0.782. The number of likely N-dealkylation sites (tertiary alicyclic amines) is 1. The molecule has 114 valence electrons. The van der Waals surface area contributed by atoms with Crippen LogP contribution in [0, 0.1) is 0 Å². The van der Waals surface area contributed by atoms with Crippen LogP contribution in [0.2, 0.25) is 0 Å². The number of hydrogen-bond acceptors (Lipinski definition) is 3. The zero-order valence-electron chi connectivity index (χ0n) is 11.8. The Hall–Kier alpha value is -2.24. The normalized spacial score (nSPS) is 17.5. The molecule has 0 radical (unpaired) electrons. The first-order valence-corrected chi connectivity index (χ1v) is 7.13. The molecule has 2 amide bonds. The van der Waals surface area contributed by atoms with Crippen LogP contribution in [-0.2, 0) is 4.79 Å². The Bertz CT molecular complexity index is 478. The molecule has 1 aliphatic heterocycles. The molecule has 0 bridgehead atoms. The molecule has 6 heteroatoms. The third kappa shape index (κ3) is 4.37. The minimum atomic E-state index is -0.935. The smallest absolute Gasteiger partial charge is 0.326 e. The van der Waals surface area contributed by atoms with E-state index < -0.39 is 12.0 Å². The fraction of sp³-hybridized carbons (Fsp3) is 0.467. The van der Waals surface area contributed by atoms with Gasteiger partial charge in [-0.3, -0.25) is 0 Å². The molecule has 6 nitrogen and oxygen atoms in total. The maximum absolute atomic E-state index is 11.9. The summed E-state index contributed by atoms with van der Waals surface area (Å²) in [5, 5.41) is 11.8. The molecule has 2 N–H and O–H groups in total. The average Bonchev–Trinajstić information content (AvgIpc) is 2.97. The monoisotopic (exact) mass is 292 g/mol. The highest BCUT2D eigenvalue weighted by molar-refractivity contribution is 5.83. The number of nitrogens with zero attached hydrogens (tertiary/aromatic N) is 1. The van der Waals surface area contributed by atoms with E-state index in [0.717, 1.165) is 12.2 Å². The van der Waals surface area contributed by atoms with Gasteiger partial charge in [-0.1, -0.05) is 18.2 Å². The van der Waals surface area contributed by atoms with Crippen molar-refractivity contribution in [3.05, 3.63) is 30.3 Å². The lowest BCUT2D eigenvalue weighted by molar-refractivity contribution is -0.141. The SMILES string of the molecule is O=C(O)C1CCCN1C(=O)NCCCOc1ccccc1. The second kappa shape index (κ2) is 7.52. The van der Waals surface area contributed by atoms with Gasteiger partial charge < -0.3 is 20.1 Å². The van der Waals surface area contributed by atoms with Crippen molar-refractivity contribution < 1.29 is 19.4 Å². The van der Waals surface area contributed by atoms with Crippen LogP contribution in [-0.4, -0.2) is 47.7 Å². The third-order valence-electron chi connectivity index (χ3n) is 3.41. The summed E-state index contributed by atoms with van der Waals surface area (Å²) in [6.07, 6.45) is 1.94. The van der Waals surface area contributed by atoms with Gasteiger partial charge in [-0.15, -0.1) is 0 Å². The van der Waals surface area contributed by atoms with Gasteiger partial charge in [0.2, 0.25) is 0 Å². The molecule has 1 atom stereocenters. The Kier molecular flexibility index (Phi) is 5.43. The zero-order valence-corrected chi connectivity index (χ0v) is 11.8. The highest BCUT2D eigenvalue weighted by Gasteiger charge is 2.33.